The van der Waals surface area contributed by atoms with Crippen LogP contribution < -0.4 is 9.16 Å². The van der Waals surface area contributed by atoms with Crippen molar-refractivity contribution >= 4 is 8.32 Å². The molecule has 0 aliphatic carbocycles. The van der Waals surface area contributed by atoms with Gasteiger partial charge in [0.25, 0.3) is 0 Å². The van der Waals surface area contributed by atoms with Crippen LogP contribution in [0.25, 0.3) is 0 Å². The Morgan fingerprint density at radius 3 is 2.29 bits per heavy atom. The summed E-state index contributed by atoms with van der Waals surface area (Å²) in [6.45, 7) is 12.2. The van der Waals surface area contributed by atoms with Gasteiger partial charge in [0.1, 0.15) is 11.5 Å². The molecule has 1 saturated heterocycles. The molecule has 0 saturated carbocycles. The van der Waals surface area contributed by atoms with Crippen LogP contribution in [0.5, 0.6) is 11.5 Å². The Bertz CT molecular complexity index is 411. The van der Waals surface area contributed by atoms with E-state index in [2.05, 4.69) is 24.5 Å². The van der Waals surface area contributed by atoms with Crippen molar-refractivity contribution < 1.29 is 13.9 Å². The molecule has 118 valence electrons. The topological polar surface area (TPSA) is 30.9 Å². The fourth-order valence-electron chi connectivity index (χ4n) is 2.26. The van der Waals surface area contributed by atoms with Gasteiger partial charge in [-0.05, 0) is 50.3 Å². The lowest BCUT2D eigenvalue weighted by Gasteiger charge is -2.26. The van der Waals surface area contributed by atoms with E-state index in [0.29, 0.717) is 0 Å². The summed E-state index contributed by atoms with van der Waals surface area (Å²) in [5, 5.41) is 0. The number of hydrogen-bond acceptors (Lipinski definition) is 4. The highest BCUT2D eigenvalue weighted by molar-refractivity contribution is 6.70. The molecule has 0 amide bonds. The van der Waals surface area contributed by atoms with E-state index in [9.17, 15) is 0 Å². The van der Waals surface area contributed by atoms with Crippen molar-refractivity contribution in [1.82, 2.24) is 4.90 Å². The summed E-state index contributed by atoms with van der Waals surface area (Å²) in [5.74, 6) is 1.86. The highest BCUT2D eigenvalue weighted by Crippen LogP contribution is 2.20. The van der Waals surface area contributed by atoms with Gasteiger partial charge in [0.05, 0.1) is 19.8 Å². The Morgan fingerprint density at radius 2 is 1.67 bits per heavy atom. The van der Waals surface area contributed by atoms with Crippen molar-refractivity contribution in [1.29, 1.82) is 0 Å². The third-order valence-corrected chi connectivity index (χ3v) is 4.09. The van der Waals surface area contributed by atoms with Crippen LogP contribution in [0.15, 0.2) is 24.3 Å². The summed E-state index contributed by atoms with van der Waals surface area (Å²) in [5.41, 5.74) is 0. The van der Waals surface area contributed by atoms with E-state index >= 15 is 0 Å². The second-order valence-corrected chi connectivity index (χ2v) is 10.8. The molecule has 0 atom stereocenters. The zero-order valence-corrected chi connectivity index (χ0v) is 14.4. The fraction of sp³-hybridized carbons (Fsp3) is 0.625. The molecule has 1 aromatic carbocycles. The number of ether oxygens (including phenoxy) is 2. The van der Waals surface area contributed by atoms with Gasteiger partial charge in [0, 0.05) is 19.6 Å². The van der Waals surface area contributed by atoms with Crippen LogP contribution in [0.4, 0.5) is 0 Å². The normalized spacial score (nSPS) is 16.7. The van der Waals surface area contributed by atoms with E-state index in [-0.39, 0.29) is 0 Å². The first-order chi connectivity index (χ1) is 10.0. The summed E-state index contributed by atoms with van der Waals surface area (Å²) in [6, 6.07) is 7.97. The van der Waals surface area contributed by atoms with Gasteiger partial charge >= 0.3 is 0 Å². The standard InChI is InChI=1S/C16H27NO3Si/c1-21(2,3)20-16-7-5-15(6-8-16)19-12-4-9-17-10-13-18-14-11-17/h5-8H,4,9-14H2,1-3H3. The summed E-state index contributed by atoms with van der Waals surface area (Å²) in [6.07, 6.45) is 1.05. The van der Waals surface area contributed by atoms with E-state index < -0.39 is 8.32 Å². The molecule has 0 bridgehead atoms. The molecule has 21 heavy (non-hydrogen) atoms. The molecule has 4 nitrogen and oxygen atoms in total. The third kappa shape index (κ3) is 6.50. The predicted molar refractivity (Wildman–Crippen MR) is 87.8 cm³/mol. The molecule has 0 aromatic heterocycles. The van der Waals surface area contributed by atoms with Crippen molar-refractivity contribution in [3.8, 4) is 11.5 Å². The maximum atomic E-state index is 5.93. The lowest BCUT2D eigenvalue weighted by molar-refractivity contribution is 0.0358. The fourth-order valence-corrected chi connectivity index (χ4v) is 3.10. The van der Waals surface area contributed by atoms with Crippen molar-refractivity contribution in [2.75, 3.05) is 39.5 Å². The van der Waals surface area contributed by atoms with Gasteiger partial charge in [-0.3, -0.25) is 4.90 Å². The summed E-state index contributed by atoms with van der Waals surface area (Å²) < 4.78 is 17.0. The number of rotatable bonds is 7. The largest absolute Gasteiger partial charge is 0.544 e. The summed E-state index contributed by atoms with van der Waals surface area (Å²) in [7, 11) is -1.52. The second-order valence-electron chi connectivity index (χ2n) is 6.34. The highest BCUT2D eigenvalue weighted by atomic mass is 28.4. The van der Waals surface area contributed by atoms with Crippen LogP contribution in [-0.4, -0.2) is 52.7 Å². The van der Waals surface area contributed by atoms with Crippen LogP contribution in [0.3, 0.4) is 0 Å². The minimum Gasteiger partial charge on any atom is -0.544 e. The molecule has 1 aliphatic heterocycles. The second kappa shape index (κ2) is 7.82. The average Bonchev–Trinajstić information content (AvgIpc) is 2.45. The van der Waals surface area contributed by atoms with Gasteiger partial charge in [-0.15, -0.1) is 0 Å². The van der Waals surface area contributed by atoms with Crippen LogP contribution in [0.1, 0.15) is 6.42 Å². The van der Waals surface area contributed by atoms with Crippen molar-refractivity contribution in [2.24, 2.45) is 0 Å². The molecular formula is C16H27NO3Si. The maximum absolute atomic E-state index is 5.93. The lowest BCUT2D eigenvalue weighted by atomic mass is 10.3. The van der Waals surface area contributed by atoms with Crippen LogP contribution in [0.2, 0.25) is 19.6 Å². The summed E-state index contributed by atoms with van der Waals surface area (Å²) >= 11 is 0. The van der Waals surface area contributed by atoms with Gasteiger partial charge in [0.15, 0.2) is 0 Å². The van der Waals surface area contributed by atoms with Gasteiger partial charge < -0.3 is 13.9 Å². The first kappa shape index (κ1) is 16.3. The maximum Gasteiger partial charge on any atom is 0.242 e. The lowest BCUT2D eigenvalue weighted by Crippen LogP contribution is -2.37. The molecule has 1 aromatic rings. The Balaban J connectivity index is 1.66. The van der Waals surface area contributed by atoms with E-state index in [1.165, 1.54) is 0 Å². The van der Waals surface area contributed by atoms with Gasteiger partial charge in [0.2, 0.25) is 8.32 Å². The van der Waals surface area contributed by atoms with Crippen LogP contribution in [-0.2, 0) is 4.74 Å². The summed E-state index contributed by atoms with van der Waals surface area (Å²) in [4.78, 5) is 2.43. The monoisotopic (exact) mass is 309 g/mol. The van der Waals surface area contributed by atoms with Gasteiger partial charge in [-0.2, -0.15) is 0 Å². The van der Waals surface area contributed by atoms with Gasteiger partial charge in [-0.1, -0.05) is 0 Å². The molecular weight excluding hydrogens is 282 g/mol. The van der Waals surface area contributed by atoms with Crippen LogP contribution >= 0.6 is 0 Å². The third-order valence-electron chi connectivity index (χ3n) is 3.24. The molecule has 5 heteroatoms. The van der Waals surface area contributed by atoms with E-state index in [1.807, 2.05) is 24.3 Å². The SMILES string of the molecule is C[Si](C)(C)Oc1ccc(OCCCN2CCOCC2)cc1. The zero-order valence-electron chi connectivity index (χ0n) is 13.4. The minimum atomic E-state index is -1.52. The minimum absolute atomic E-state index is 0.756. The molecule has 0 radical (unpaired) electrons. The average molecular weight is 309 g/mol. The molecule has 0 spiro atoms. The smallest absolute Gasteiger partial charge is 0.242 e. The van der Waals surface area contributed by atoms with Gasteiger partial charge in [-0.25, -0.2) is 0 Å². The van der Waals surface area contributed by atoms with Crippen molar-refractivity contribution in [3.05, 3.63) is 24.3 Å². The Kier molecular flexibility index (Phi) is 6.08. The number of benzene rings is 1. The zero-order chi connectivity index (χ0) is 15.1. The Hall–Kier alpha value is -1.04. The first-order valence-electron chi connectivity index (χ1n) is 7.75. The molecule has 1 fully saturated rings. The highest BCUT2D eigenvalue weighted by Gasteiger charge is 2.16. The number of nitrogens with zero attached hydrogens (tertiary/aromatic N) is 1. The predicted octanol–water partition coefficient (Wildman–Crippen LogP) is 3.00. The van der Waals surface area contributed by atoms with Crippen molar-refractivity contribution in [3.63, 3.8) is 0 Å². The quantitative estimate of drug-likeness (QED) is 0.572. The molecule has 0 N–H and O–H groups in total. The molecule has 2 rings (SSSR count). The Labute approximate surface area is 129 Å². The van der Waals surface area contributed by atoms with E-state index in [4.69, 9.17) is 13.9 Å². The molecule has 0 unspecified atom stereocenters. The Morgan fingerprint density at radius 1 is 1.05 bits per heavy atom. The van der Waals surface area contributed by atoms with E-state index in [1.54, 1.807) is 0 Å². The van der Waals surface area contributed by atoms with Crippen LogP contribution in [0, 0.1) is 0 Å². The molecule has 1 heterocycles. The van der Waals surface area contributed by atoms with Crippen molar-refractivity contribution in [2.45, 2.75) is 26.1 Å². The number of morpholine rings is 1. The van der Waals surface area contributed by atoms with E-state index in [0.717, 1.165) is 57.4 Å². The molecule has 1 aliphatic rings. The number of hydrogen-bond donors (Lipinski definition) is 0. The first-order valence-corrected chi connectivity index (χ1v) is 11.2.